The average molecular weight is 576 g/mol. The van der Waals surface area contributed by atoms with E-state index in [-0.39, 0.29) is 11.5 Å². The van der Waals surface area contributed by atoms with Crippen molar-refractivity contribution in [3.63, 3.8) is 0 Å². The van der Waals surface area contributed by atoms with E-state index in [2.05, 4.69) is 39.3 Å². The zero-order valence-corrected chi connectivity index (χ0v) is 23.7. The van der Waals surface area contributed by atoms with E-state index in [1.807, 2.05) is 48.7 Å². The van der Waals surface area contributed by atoms with Gasteiger partial charge in [0.15, 0.2) is 0 Å². The number of hydrogen-bond acceptors (Lipinski definition) is 6. The molecule has 0 amide bonds. The maximum Gasteiger partial charge on any atom is 0.356 e. The van der Waals surface area contributed by atoms with E-state index in [9.17, 15) is 14.4 Å². The van der Waals surface area contributed by atoms with Crippen LogP contribution in [0.4, 0.5) is 4.39 Å². The fraction of sp³-hybridized carbons (Fsp3) is 0.0606. The zero-order chi connectivity index (χ0) is 28.5. The number of hydrogen-bond donors (Lipinski definition) is 0. The number of nitrogens with zero attached hydrogens (tertiary/aromatic N) is 3. The zero-order valence-electron chi connectivity index (χ0n) is 22.1. The molecule has 0 atom stereocenters. The first-order valence-electron chi connectivity index (χ1n) is 12.7. The van der Waals surface area contributed by atoms with E-state index in [1.165, 1.54) is 24.5 Å². The summed E-state index contributed by atoms with van der Waals surface area (Å²) >= 11 is 2.91. The molecule has 0 saturated heterocycles. The van der Waals surface area contributed by atoms with Gasteiger partial charge in [-0.1, -0.05) is 42.0 Å². The van der Waals surface area contributed by atoms with Gasteiger partial charge in [0.1, 0.15) is 22.5 Å². The summed E-state index contributed by atoms with van der Waals surface area (Å²) in [6.45, 7) is 2.05. The Morgan fingerprint density at radius 3 is 2.54 bits per heavy atom. The van der Waals surface area contributed by atoms with Crippen LogP contribution in [0.3, 0.4) is 0 Å². The molecular weight excluding hydrogens is 554 g/mol. The van der Waals surface area contributed by atoms with Crippen LogP contribution in [0.1, 0.15) is 20.9 Å². The molecule has 0 bridgehead atoms. The summed E-state index contributed by atoms with van der Waals surface area (Å²) < 4.78 is 21.6. The number of carbonyl (C=O) groups is 1. The van der Waals surface area contributed by atoms with Crippen molar-refractivity contribution in [2.45, 2.75) is 11.8 Å². The van der Waals surface area contributed by atoms with Crippen LogP contribution in [0.15, 0.2) is 101 Å². The fourth-order valence-electron chi connectivity index (χ4n) is 4.80. The van der Waals surface area contributed by atoms with E-state index in [4.69, 9.17) is 4.74 Å². The van der Waals surface area contributed by atoms with Crippen LogP contribution in [0.5, 0.6) is 0 Å². The van der Waals surface area contributed by atoms with Crippen LogP contribution in [0.25, 0.3) is 44.4 Å². The summed E-state index contributed by atoms with van der Waals surface area (Å²) in [6, 6.07) is 28.7. The second kappa shape index (κ2) is 11.0. The van der Waals surface area contributed by atoms with Gasteiger partial charge >= 0.3 is 5.97 Å². The Morgan fingerprint density at radius 2 is 1.80 bits per heavy atom. The number of aryl methyl sites for hydroxylation is 1. The first-order valence-corrected chi connectivity index (χ1v) is 14.3. The number of esters is 1. The summed E-state index contributed by atoms with van der Waals surface area (Å²) in [5.74, 6) is -0.842. The standard InChI is InChI=1S/C33H22FN3O2S2/c1-20-6-10-25(11-7-20)41-37-29-13-9-24(34)17-27(29)31(26-14-15-40-30(26)18-35)32(37)22-5-3-4-21(16-22)23-8-12-28(36-19-23)33(38)39-2/h3-17,19H,1-2H3. The van der Waals surface area contributed by atoms with Crippen molar-refractivity contribution in [2.24, 2.45) is 0 Å². The third kappa shape index (κ3) is 5.02. The summed E-state index contributed by atoms with van der Waals surface area (Å²) in [5.41, 5.74) is 7.26. The molecule has 3 heterocycles. The highest BCUT2D eigenvalue weighted by molar-refractivity contribution is 7.98. The highest BCUT2D eigenvalue weighted by Crippen LogP contribution is 2.47. The Morgan fingerprint density at radius 1 is 1.00 bits per heavy atom. The SMILES string of the molecule is COC(=O)c1ccc(-c2cccc(-c3c(-c4ccsc4C#N)c4cc(F)ccc4n3Sc3ccc(C)cc3)c2)cn1. The molecule has 0 N–H and O–H groups in total. The predicted octanol–water partition coefficient (Wildman–Crippen LogP) is 8.76. The highest BCUT2D eigenvalue weighted by atomic mass is 32.2. The molecule has 0 fully saturated rings. The third-order valence-corrected chi connectivity index (χ3v) is 8.63. The predicted molar refractivity (Wildman–Crippen MR) is 162 cm³/mol. The van der Waals surface area contributed by atoms with Crippen LogP contribution in [0, 0.1) is 24.1 Å². The Labute approximate surface area is 244 Å². The van der Waals surface area contributed by atoms with Gasteiger partial charge in [0, 0.05) is 38.7 Å². The molecule has 200 valence electrons. The van der Waals surface area contributed by atoms with Crippen LogP contribution >= 0.6 is 23.3 Å². The monoisotopic (exact) mass is 575 g/mol. The first kappa shape index (κ1) is 26.5. The number of benzene rings is 3. The topological polar surface area (TPSA) is 67.9 Å². The molecule has 3 aromatic carbocycles. The molecule has 6 aromatic rings. The quantitative estimate of drug-likeness (QED) is 0.186. The minimum absolute atomic E-state index is 0.229. The van der Waals surface area contributed by atoms with E-state index in [1.54, 1.807) is 36.3 Å². The van der Waals surface area contributed by atoms with Crippen molar-refractivity contribution >= 4 is 40.2 Å². The van der Waals surface area contributed by atoms with E-state index in [0.717, 1.165) is 54.9 Å². The van der Waals surface area contributed by atoms with Crippen LogP contribution in [-0.2, 0) is 4.74 Å². The number of fused-ring (bicyclic) bond motifs is 1. The van der Waals surface area contributed by atoms with E-state index < -0.39 is 5.97 Å². The van der Waals surface area contributed by atoms with Gasteiger partial charge in [-0.05, 0) is 78.3 Å². The van der Waals surface area contributed by atoms with Crippen molar-refractivity contribution in [3.8, 4) is 39.6 Å². The minimum atomic E-state index is -0.496. The summed E-state index contributed by atoms with van der Waals surface area (Å²) in [6.07, 6.45) is 1.64. The van der Waals surface area contributed by atoms with Crippen LogP contribution < -0.4 is 0 Å². The van der Waals surface area contributed by atoms with Gasteiger partial charge in [0.25, 0.3) is 0 Å². The van der Waals surface area contributed by atoms with Crippen molar-refractivity contribution < 1.29 is 13.9 Å². The third-order valence-electron chi connectivity index (χ3n) is 6.77. The lowest BCUT2D eigenvalue weighted by atomic mass is 9.96. The number of rotatable bonds is 6. The molecule has 3 aromatic heterocycles. The van der Waals surface area contributed by atoms with Crippen molar-refractivity contribution in [3.05, 3.63) is 118 Å². The number of halogens is 1. The molecule has 8 heteroatoms. The number of ether oxygens (including phenoxy) is 1. The van der Waals surface area contributed by atoms with Gasteiger partial charge in [-0.25, -0.2) is 14.2 Å². The fourth-order valence-corrected chi connectivity index (χ4v) is 6.50. The Kier molecular flexibility index (Phi) is 7.14. The van der Waals surface area contributed by atoms with Gasteiger partial charge in [-0.2, -0.15) is 5.26 Å². The summed E-state index contributed by atoms with van der Waals surface area (Å²) in [5, 5.41) is 12.5. The van der Waals surface area contributed by atoms with Crippen LogP contribution in [-0.4, -0.2) is 22.0 Å². The maximum absolute atomic E-state index is 14.7. The lowest BCUT2D eigenvalue weighted by Gasteiger charge is -2.13. The number of thiophene rings is 1. The molecule has 0 aliphatic heterocycles. The molecule has 0 saturated carbocycles. The van der Waals surface area contributed by atoms with Crippen molar-refractivity contribution in [1.29, 1.82) is 5.26 Å². The second-order valence-electron chi connectivity index (χ2n) is 9.36. The van der Waals surface area contributed by atoms with Gasteiger partial charge in [-0.3, -0.25) is 3.97 Å². The van der Waals surface area contributed by atoms with E-state index in [0.29, 0.717) is 4.88 Å². The molecular formula is C33H22FN3O2S2. The molecule has 0 spiro atoms. The maximum atomic E-state index is 14.7. The summed E-state index contributed by atoms with van der Waals surface area (Å²) in [7, 11) is 1.32. The molecule has 0 radical (unpaired) electrons. The normalized spacial score (nSPS) is 11.0. The van der Waals surface area contributed by atoms with Gasteiger partial charge < -0.3 is 4.74 Å². The van der Waals surface area contributed by atoms with Crippen LogP contribution in [0.2, 0.25) is 0 Å². The molecule has 0 aliphatic rings. The highest BCUT2D eigenvalue weighted by Gasteiger charge is 2.24. The number of carbonyl (C=O) groups excluding carboxylic acids is 1. The number of pyridine rings is 1. The molecule has 5 nitrogen and oxygen atoms in total. The number of aromatic nitrogens is 2. The molecule has 0 aliphatic carbocycles. The molecule has 6 rings (SSSR count). The minimum Gasteiger partial charge on any atom is -0.464 e. The second-order valence-corrected chi connectivity index (χ2v) is 11.3. The van der Waals surface area contributed by atoms with E-state index >= 15 is 0 Å². The Hall–Kier alpha value is -4.71. The van der Waals surface area contributed by atoms with Gasteiger partial charge in [-0.15, -0.1) is 11.3 Å². The first-order chi connectivity index (χ1) is 20.0. The lowest BCUT2D eigenvalue weighted by Crippen LogP contribution is -2.03. The van der Waals surface area contributed by atoms with Crippen molar-refractivity contribution in [2.75, 3.05) is 7.11 Å². The Balaban J connectivity index is 1.60. The van der Waals surface area contributed by atoms with Gasteiger partial charge in [0.2, 0.25) is 0 Å². The van der Waals surface area contributed by atoms with Crippen molar-refractivity contribution in [1.82, 2.24) is 8.96 Å². The molecule has 41 heavy (non-hydrogen) atoms. The Bertz CT molecular complexity index is 1950. The average Bonchev–Trinajstić information content (AvgIpc) is 3.59. The largest absolute Gasteiger partial charge is 0.464 e. The van der Waals surface area contributed by atoms with Gasteiger partial charge in [0.05, 0.1) is 18.3 Å². The summed E-state index contributed by atoms with van der Waals surface area (Å²) in [4.78, 5) is 17.7. The lowest BCUT2D eigenvalue weighted by molar-refractivity contribution is 0.0594. The number of nitriles is 1. The number of methoxy groups -OCH3 is 1. The molecule has 0 unspecified atom stereocenters. The smallest absolute Gasteiger partial charge is 0.356 e.